The molecule has 124 valence electrons. The summed E-state index contributed by atoms with van der Waals surface area (Å²) in [6.45, 7) is 7.41. The van der Waals surface area contributed by atoms with Crippen molar-refractivity contribution in [2.75, 3.05) is 46.4 Å². The highest BCUT2D eigenvalue weighted by molar-refractivity contribution is 5.86. The maximum absolute atomic E-state index is 11.4. The number of piperazine rings is 1. The summed E-state index contributed by atoms with van der Waals surface area (Å²) < 4.78 is 10.2. The lowest BCUT2D eigenvalue weighted by atomic mass is 10.2. The predicted octanol–water partition coefficient (Wildman–Crippen LogP) is 0.967. The highest BCUT2D eigenvalue weighted by Crippen LogP contribution is 2.19. The van der Waals surface area contributed by atoms with Crippen LogP contribution in [0.4, 0.5) is 0 Å². The summed E-state index contributed by atoms with van der Waals surface area (Å²) in [7, 11) is 1.36. The molecule has 0 bridgehead atoms. The van der Waals surface area contributed by atoms with Crippen molar-refractivity contribution < 1.29 is 13.9 Å². The number of likely N-dealkylation sites (tertiary alicyclic amines) is 1. The summed E-state index contributed by atoms with van der Waals surface area (Å²) in [5.74, 6) is 0.697. The highest BCUT2D eigenvalue weighted by Gasteiger charge is 2.28. The number of carbonyl (C=O) groups excluding carboxylic acids is 1. The molecule has 2 aliphatic rings. The van der Waals surface area contributed by atoms with Gasteiger partial charge in [0, 0.05) is 45.3 Å². The van der Waals surface area contributed by atoms with Crippen LogP contribution in [0.15, 0.2) is 16.5 Å². The van der Waals surface area contributed by atoms with E-state index in [1.165, 1.54) is 13.5 Å². The molecule has 0 saturated carbocycles. The summed E-state index contributed by atoms with van der Waals surface area (Å²) in [5.41, 5.74) is 0. The normalized spacial score (nSPS) is 23.2. The van der Waals surface area contributed by atoms with Crippen molar-refractivity contribution in [2.45, 2.75) is 19.0 Å². The fraction of sp³-hybridized carbons (Fsp3) is 0.667. The first-order valence-electron chi connectivity index (χ1n) is 7.60. The number of nitrogens with one attached hydrogen (secondary N) is 1. The second-order valence-corrected chi connectivity index (χ2v) is 5.72. The first kappa shape index (κ1) is 17.3. The first-order chi connectivity index (χ1) is 10.3. The number of nitrogens with zero attached hydrogens (tertiary/aromatic N) is 2. The lowest BCUT2D eigenvalue weighted by Crippen LogP contribution is -2.49. The van der Waals surface area contributed by atoms with Crippen molar-refractivity contribution in [1.82, 2.24) is 15.1 Å². The minimum atomic E-state index is -0.415. The molecule has 0 aliphatic carbocycles. The van der Waals surface area contributed by atoms with Crippen LogP contribution < -0.4 is 5.32 Å². The van der Waals surface area contributed by atoms with Crippen molar-refractivity contribution in [2.24, 2.45) is 0 Å². The van der Waals surface area contributed by atoms with E-state index in [2.05, 4.69) is 19.9 Å². The molecule has 3 heterocycles. The van der Waals surface area contributed by atoms with Crippen molar-refractivity contribution >= 4 is 18.4 Å². The van der Waals surface area contributed by atoms with Gasteiger partial charge < -0.3 is 14.5 Å². The first-order valence-corrected chi connectivity index (χ1v) is 7.60. The molecule has 1 aromatic rings. The van der Waals surface area contributed by atoms with Crippen LogP contribution in [0.3, 0.4) is 0 Å². The zero-order valence-corrected chi connectivity index (χ0v) is 13.7. The Morgan fingerprint density at radius 3 is 2.86 bits per heavy atom. The van der Waals surface area contributed by atoms with Crippen LogP contribution in [0.1, 0.15) is 22.7 Å². The molecule has 0 aromatic carbocycles. The maximum Gasteiger partial charge on any atom is 0.373 e. The van der Waals surface area contributed by atoms with Gasteiger partial charge in [-0.15, -0.1) is 12.4 Å². The van der Waals surface area contributed by atoms with Gasteiger partial charge in [-0.25, -0.2) is 4.79 Å². The molecular formula is C15H24ClN3O3. The van der Waals surface area contributed by atoms with Gasteiger partial charge in [0.15, 0.2) is 0 Å². The fourth-order valence-electron chi connectivity index (χ4n) is 3.19. The van der Waals surface area contributed by atoms with Gasteiger partial charge >= 0.3 is 5.97 Å². The van der Waals surface area contributed by atoms with Gasteiger partial charge in [0.1, 0.15) is 5.76 Å². The summed E-state index contributed by atoms with van der Waals surface area (Å²) in [6.07, 6.45) is 1.21. The van der Waals surface area contributed by atoms with Crippen LogP contribution >= 0.6 is 12.4 Å². The summed E-state index contributed by atoms with van der Waals surface area (Å²) >= 11 is 0. The van der Waals surface area contributed by atoms with Gasteiger partial charge in [0.2, 0.25) is 5.76 Å². The number of hydrogen-bond donors (Lipinski definition) is 1. The largest absolute Gasteiger partial charge is 0.463 e. The number of ether oxygens (including phenoxy) is 1. The molecule has 1 unspecified atom stereocenters. The van der Waals surface area contributed by atoms with Crippen LogP contribution in [0, 0.1) is 0 Å². The average molecular weight is 330 g/mol. The summed E-state index contributed by atoms with van der Waals surface area (Å²) in [6, 6.07) is 4.21. The van der Waals surface area contributed by atoms with E-state index >= 15 is 0 Å². The molecular weight excluding hydrogens is 306 g/mol. The van der Waals surface area contributed by atoms with Crippen molar-refractivity contribution in [3.8, 4) is 0 Å². The second kappa shape index (κ2) is 7.97. The molecule has 6 nitrogen and oxygen atoms in total. The number of carbonyl (C=O) groups is 1. The van der Waals surface area contributed by atoms with E-state index in [1.807, 2.05) is 6.07 Å². The van der Waals surface area contributed by atoms with Crippen molar-refractivity contribution in [3.05, 3.63) is 23.7 Å². The van der Waals surface area contributed by atoms with Gasteiger partial charge in [0.05, 0.1) is 13.7 Å². The number of methoxy groups -OCH3 is 1. The van der Waals surface area contributed by atoms with E-state index in [9.17, 15) is 4.79 Å². The van der Waals surface area contributed by atoms with Crippen LogP contribution in [0.5, 0.6) is 0 Å². The fourth-order valence-corrected chi connectivity index (χ4v) is 3.19. The predicted molar refractivity (Wildman–Crippen MR) is 85.4 cm³/mol. The molecule has 0 radical (unpaired) electrons. The van der Waals surface area contributed by atoms with E-state index in [-0.39, 0.29) is 18.2 Å². The third-order valence-corrected chi connectivity index (χ3v) is 4.34. The number of esters is 1. The molecule has 3 rings (SSSR count). The Hall–Kier alpha value is -1.08. The second-order valence-electron chi connectivity index (χ2n) is 5.72. The smallest absolute Gasteiger partial charge is 0.373 e. The molecule has 1 N–H and O–H groups in total. The van der Waals surface area contributed by atoms with Gasteiger partial charge in [-0.1, -0.05) is 0 Å². The van der Waals surface area contributed by atoms with Gasteiger partial charge in [-0.05, 0) is 18.6 Å². The summed E-state index contributed by atoms with van der Waals surface area (Å²) in [4.78, 5) is 16.4. The molecule has 2 fully saturated rings. The number of halogens is 1. The van der Waals surface area contributed by atoms with Crippen molar-refractivity contribution in [1.29, 1.82) is 0 Å². The summed E-state index contributed by atoms with van der Waals surface area (Å²) in [5, 5.41) is 3.39. The third kappa shape index (κ3) is 4.01. The Balaban J connectivity index is 0.00000176. The Morgan fingerprint density at radius 2 is 2.14 bits per heavy atom. The van der Waals surface area contributed by atoms with E-state index < -0.39 is 5.97 Å². The lowest BCUT2D eigenvalue weighted by molar-refractivity contribution is 0.0561. The molecule has 0 amide bonds. The number of furan rings is 1. The Kier molecular flexibility index (Phi) is 6.26. The standard InChI is InChI=1S/C15H23N3O3.ClH/c1-20-15(19)14-3-2-13(21-14)11-17-7-4-12(10-17)18-8-5-16-6-9-18;/h2-3,12,16H,4-11H2,1H3;1H. The molecule has 2 saturated heterocycles. The molecule has 1 aromatic heterocycles. The Bertz CT molecular complexity index is 488. The van der Waals surface area contributed by atoms with Crippen LogP contribution in [0.2, 0.25) is 0 Å². The third-order valence-electron chi connectivity index (χ3n) is 4.34. The molecule has 7 heteroatoms. The molecule has 0 spiro atoms. The zero-order valence-electron chi connectivity index (χ0n) is 12.9. The quantitative estimate of drug-likeness (QED) is 0.831. The van der Waals surface area contributed by atoms with Crippen LogP contribution in [-0.2, 0) is 11.3 Å². The van der Waals surface area contributed by atoms with Gasteiger partial charge in [0.25, 0.3) is 0 Å². The average Bonchev–Trinajstić information content (AvgIpc) is 3.17. The van der Waals surface area contributed by atoms with E-state index in [1.54, 1.807) is 6.07 Å². The number of hydrogen-bond acceptors (Lipinski definition) is 6. The van der Waals surface area contributed by atoms with E-state index in [0.717, 1.165) is 51.6 Å². The van der Waals surface area contributed by atoms with Crippen LogP contribution in [0.25, 0.3) is 0 Å². The molecule has 22 heavy (non-hydrogen) atoms. The van der Waals surface area contributed by atoms with Gasteiger partial charge in [-0.3, -0.25) is 9.80 Å². The lowest BCUT2D eigenvalue weighted by Gasteiger charge is -2.32. The monoisotopic (exact) mass is 329 g/mol. The zero-order chi connectivity index (χ0) is 14.7. The minimum absolute atomic E-state index is 0. The van der Waals surface area contributed by atoms with Crippen LogP contribution in [-0.4, -0.2) is 68.2 Å². The topological polar surface area (TPSA) is 58.0 Å². The molecule has 2 aliphatic heterocycles. The Labute approximate surface area is 137 Å². The maximum atomic E-state index is 11.4. The van der Waals surface area contributed by atoms with Crippen molar-refractivity contribution in [3.63, 3.8) is 0 Å². The number of rotatable bonds is 4. The molecule has 1 atom stereocenters. The highest BCUT2D eigenvalue weighted by atomic mass is 35.5. The SMILES string of the molecule is COC(=O)c1ccc(CN2CCC(N3CCNCC3)C2)o1.Cl. The van der Waals surface area contributed by atoms with E-state index in [4.69, 9.17) is 4.42 Å². The Morgan fingerprint density at radius 1 is 1.36 bits per heavy atom. The minimum Gasteiger partial charge on any atom is -0.463 e. The van der Waals surface area contributed by atoms with E-state index in [0.29, 0.717) is 6.04 Å². The van der Waals surface area contributed by atoms with Gasteiger partial charge in [-0.2, -0.15) is 0 Å².